The van der Waals surface area contributed by atoms with Gasteiger partial charge in [0.2, 0.25) is 0 Å². The van der Waals surface area contributed by atoms with Crippen molar-refractivity contribution in [1.29, 1.82) is 0 Å². The summed E-state index contributed by atoms with van der Waals surface area (Å²) in [7, 11) is 0. The summed E-state index contributed by atoms with van der Waals surface area (Å²) in [5.41, 5.74) is 8.40. The van der Waals surface area contributed by atoms with Crippen LogP contribution in [0.4, 0.5) is 10.5 Å². The second-order valence-corrected chi connectivity index (χ2v) is 11.6. The first kappa shape index (κ1) is 26.9. The Morgan fingerprint density at radius 3 is 2.59 bits per heavy atom. The fourth-order valence-electron chi connectivity index (χ4n) is 5.99. The quantitative estimate of drug-likeness (QED) is 0.451. The lowest BCUT2D eigenvalue weighted by Crippen LogP contribution is -2.55. The molecule has 0 radical (unpaired) electrons. The van der Waals surface area contributed by atoms with Crippen LogP contribution in [0.1, 0.15) is 39.2 Å². The van der Waals surface area contributed by atoms with Gasteiger partial charge in [-0.25, -0.2) is 4.79 Å². The summed E-state index contributed by atoms with van der Waals surface area (Å²) < 4.78 is 13.1. The summed E-state index contributed by atoms with van der Waals surface area (Å²) in [5, 5.41) is 11.1. The molecule has 9 nitrogen and oxygen atoms in total. The van der Waals surface area contributed by atoms with Crippen molar-refractivity contribution in [2.75, 3.05) is 32.0 Å². The number of aromatic nitrogens is 1. The van der Waals surface area contributed by atoms with Crippen molar-refractivity contribution in [2.45, 2.75) is 58.8 Å². The van der Waals surface area contributed by atoms with E-state index in [1.54, 1.807) is 21.6 Å². The topological polar surface area (TPSA) is 110 Å². The van der Waals surface area contributed by atoms with Crippen LogP contribution >= 0.6 is 0 Å². The highest BCUT2D eigenvalue weighted by Crippen LogP contribution is 2.35. The van der Waals surface area contributed by atoms with Gasteiger partial charge in [-0.05, 0) is 54.2 Å². The maximum Gasteiger partial charge on any atom is 0.407 e. The molecule has 3 heterocycles. The first-order chi connectivity index (χ1) is 18.6. The minimum Gasteiger partial charge on any atom is -0.486 e. The number of nitrogens with two attached hydrogens (primary N) is 1. The van der Waals surface area contributed by atoms with Crippen LogP contribution in [-0.4, -0.2) is 64.0 Å². The smallest absolute Gasteiger partial charge is 0.407 e. The molecule has 5 rings (SSSR count). The number of carboxylic acid groups (broad SMARTS) is 1. The summed E-state index contributed by atoms with van der Waals surface area (Å²) in [6.07, 6.45) is 0.523. The largest absolute Gasteiger partial charge is 0.486 e. The normalized spacial score (nSPS) is 19.7. The van der Waals surface area contributed by atoms with E-state index in [-0.39, 0.29) is 23.1 Å². The Morgan fingerprint density at radius 2 is 1.85 bits per heavy atom. The number of benzene rings is 2. The average molecular weight is 535 g/mol. The summed E-state index contributed by atoms with van der Waals surface area (Å²) in [6.45, 7) is 9.87. The molecule has 39 heavy (non-hydrogen) atoms. The molecule has 3 N–H and O–H groups in total. The standard InChI is InChI=1S/C30H38N4O5/c1-30(2,3)27-18-21(34(29(36)37)19-20-7-9-25-26(17-20)39-16-15-38-25)11-12-32(27)13-14-33-24-6-4-5-23(31)22(24)8-10-28(33)35/h4-10,17,21,27H,11-16,18-19,31H2,1-3H3,(H,36,37). The van der Waals surface area contributed by atoms with Crippen LogP contribution in [0.2, 0.25) is 0 Å². The Hall–Kier alpha value is -3.72. The molecule has 1 amide bonds. The zero-order valence-corrected chi connectivity index (χ0v) is 22.9. The van der Waals surface area contributed by atoms with E-state index in [0.717, 1.165) is 35.9 Å². The molecule has 1 fully saturated rings. The molecule has 2 aliphatic heterocycles. The van der Waals surface area contributed by atoms with Gasteiger partial charge in [-0.2, -0.15) is 0 Å². The van der Waals surface area contributed by atoms with Gasteiger partial charge in [-0.15, -0.1) is 0 Å². The van der Waals surface area contributed by atoms with E-state index in [1.165, 1.54) is 0 Å². The third-order valence-electron chi connectivity index (χ3n) is 8.01. The maximum absolute atomic E-state index is 12.8. The van der Waals surface area contributed by atoms with Crippen LogP contribution in [0.5, 0.6) is 11.5 Å². The van der Waals surface area contributed by atoms with Gasteiger partial charge in [0.15, 0.2) is 11.5 Å². The minimum atomic E-state index is -0.920. The Bertz CT molecular complexity index is 1410. The highest BCUT2D eigenvalue weighted by Gasteiger charge is 2.39. The number of piperidine rings is 1. The van der Waals surface area contributed by atoms with Crippen molar-refractivity contribution in [3.63, 3.8) is 0 Å². The molecular formula is C30H38N4O5. The number of amides is 1. The van der Waals surface area contributed by atoms with E-state index in [1.807, 2.05) is 36.4 Å². The molecule has 2 aliphatic rings. The zero-order valence-electron chi connectivity index (χ0n) is 22.9. The molecule has 1 saturated heterocycles. The van der Waals surface area contributed by atoms with Gasteiger partial charge in [-0.3, -0.25) is 9.69 Å². The van der Waals surface area contributed by atoms with Crippen molar-refractivity contribution >= 4 is 22.7 Å². The molecule has 0 aliphatic carbocycles. The number of hydrogen-bond donors (Lipinski definition) is 2. The van der Waals surface area contributed by atoms with Gasteiger partial charge in [0.25, 0.3) is 5.56 Å². The number of anilines is 1. The highest BCUT2D eigenvalue weighted by molar-refractivity contribution is 5.90. The predicted octanol–water partition coefficient (Wildman–Crippen LogP) is 4.41. The van der Waals surface area contributed by atoms with Crippen LogP contribution in [0.15, 0.2) is 53.3 Å². The number of likely N-dealkylation sites (tertiary alicyclic amines) is 1. The van der Waals surface area contributed by atoms with Gasteiger partial charge in [0.05, 0.1) is 5.52 Å². The number of pyridine rings is 1. The molecule has 9 heteroatoms. The molecule has 3 aromatic rings. The minimum absolute atomic E-state index is 0.0493. The van der Waals surface area contributed by atoms with Gasteiger partial charge < -0.3 is 29.8 Å². The van der Waals surface area contributed by atoms with Crippen LogP contribution in [-0.2, 0) is 13.1 Å². The summed E-state index contributed by atoms with van der Waals surface area (Å²) in [4.78, 5) is 29.2. The van der Waals surface area contributed by atoms with E-state index in [9.17, 15) is 14.7 Å². The van der Waals surface area contributed by atoms with Crippen molar-refractivity contribution in [1.82, 2.24) is 14.4 Å². The number of carbonyl (C=O) groups is 1. The lowest BCUT2D eigenvalue weighted by atomic mass is 9.78. The number of fused-ring (bicyclic) bond motifs is 2. The Labute approximate surface area is 228 Å². The number of rotatable bonds is 6. The SMILES string of the molecule is CC(C)(C)C1CC(N(Cc2ccc3c(c2)OCCO3)C(=O)O)CCN1CCn1c(=O)ccc2c(N)cccc21. The molecule has 0 spiro atoms. The van der Waals surface area contributed by atoms with E-state index >= 15 is 0 Å². The van der Waals surface area contributed by atoms with Crippen LogP contribution in [0, 0.1) is 5.41 Å². The van der Waals surface area contributed by atoms with Gasteiger partial charge >= 0.3 is 6.09 Å². The van der Waals surface area contributed by atoms with Crippen molar-refractivity contribution in [3.8, 4) is 11.5 Å². The van der Waals surface area contributed by atoms with Gasteiger partial charge in [0.1, 0.15) is 13.2 Å². The van der Waals surface area contributed by atoms with E-state index in [0.29, 0.717) is 50.0 Å². The number of nitrogen functional groups attached to an aromatic ring is 1. The Kier molecular flexibility index (Phi) is 7.44. The second kappa shape index (κ2) is 10.8. The maximum atomic E-state index is 12.8. The van der Waals surface area contributed by atoms with Crippen molar-refractivity contribution in [3.05, 3.63) is 64.4 Å². The van der Waals surface area contributed by atoms with Crippen LogP contribution in [0.3, 0.4) is 0 Å². The highest BCUT2D eigenvalue weighted by atomic mass is 16.6. The number of ether oxygens (including phenoxy) is 2. The van der Waals surface area contributed by atoms with E-state index in [2.05, 4.69) is 25.7 Å². The average Bonchev–Trinajstić information content (AvgIpc) is 2.90. The summed E-state index contributed by atoms with van der Waals surface area (Å²) in [5.74, 6) is 1.36. The summed E-state index contributed by atoms with van der Waals surface area (Å²) >= 11 is 0. The monoisotopic (exact) mass is 534 g/mol. The zero-order chi connectivity index (χ0) is 27.7. The molecule has 208 valence electrons. The van der Waals surface area contributed by atoms with Crippen LogP contribution < -0.4 is 20.8 Å². The first-order valence-corrected chi connectivity index (χ1v) is 13.6. The molecule has 2 atom stereocenters. The Morgan fingerprint density at radius 1 is 1.08 bits per heavy atom. The van der Waals surface area contributed by atoms with Crippen molar-refractivity contribution in [2.24, 2.45) is 5.41 Å². The fraction of sp³-hybridized carbons (Fsp3) is 0.467. The Balaban J connectivity index is 1.33. The predicted molar refractivity (Wildman–Crippen MR) is 151 cm³/mol. The fourth-order valence-corrected chi connectivity index (χ4v) is 5.99. The lowest BCUT2D eigenvalue weighted by Gasteiger charge is -2.48. The second-order valence-electron chi connectivity index (χ2n) is 11.6. The molecular weight excluding hydrogens is 496 g/mol. The first-order valence-electron chi connectivity index (χ1n) is 13.6. The third kappa shape index (κ3) is 5.68. The van der Waals surface area contributed by atoms with Crippen molar-refractivity contribution < 1.29 is 19.4 Å². The lowest BCUT2D eigenvalue weighted by molar-refractivity contribution is 0.0131. The van der Waals surface area contributed by atoms with E-state index < -0.39 is 6.09 Å². The molecule has 2 aromatic carbocycles. The molecule has 1 aromatic heterocycles. The van der Waals surface area contributed by atoms with E-state index in [4.69, 9.17) is 15.2 Å². The summed E-state index contributed by atoms with van der Waals surface area (Å²) in [6, 6.07) is 14.7. The van der Waals surface area contributed by atoms with Crippen LogP contribution in [0.25, 0.3) is 10.9 Å². The molecule has 2 unspecified atom stereocenters. The van der Waals surface area contributed by atoms with Gasteiger partial charge in [0, 0.05) is 55.4 Å². The molecule has 0 bridgehead atoms. The molecule has 0 saturated carbocycles. The number of nitrogens with zero attached hydrogens (tertiary/aromatic N) is 3. The van der Waals surface area contributed by atoms with Gasteiger partial charge in [-0.1, -0.05) is 32.9 Å². The third-order valence-corrected chi connectivity index (χ3v) is 8.01. The number of hydrogen-bond acceptors (Lipinski definition) is 6.